The molecule has 2 aromatic rings. The molecule has 0 aliphatic carbocycles. The maximum Gasteiger partial charge on any atom is 0.217 e. The minimum Gasteiger partial charge on any atom is -0.490 e. The van der Waals surface area contributed by atoms with Crippen molar-refractivity contribution in [2.75, 3.05) is 31.2 Å². The Morgan fingerprint density at radius 3 is 2.26 bits per heavy atom. The average molecular weight is 423 g/mol. The van der Waals surface area contributed by atoms with E-state index in [9.17, 15) is 4.79 Å². The van der Waals surface area contributed by atoms with Crippen molar-refractivity contribution in [2.45, 2.75) is 57.6 Å². The molecule has 0 unspecified atom stereocenters. The first-order valence-electron chi connectivity index (χ1n) is 11.5. The van der Waals surface area contributed by atoms with E-state index in [1.807, 2.05) is 6.92 Å². The number of nitrogens with one attached hydrogen (secondary N) is 1. The van der Waals surface area contributed by atoms with Gasteiger partial charge in [-0.15, -0.1) is 0 Å². The summed E-state index contributed by atoms with van der Waals surface area (Å²) in [5.41, 5.74) is 3.83. The molecule has 1 N–H and O–H groups in total. The molecule has 2 fully saturated rings. The van der Waals surface area contributed by atoms with Gasteiger partial charge in [0, 0.05) is 38.5 Å². The van der Waals surface area contributed by atoms with Gasteiger partial charge in [-0.05, 0) is 61.1 Å². The van der Waals surface area contributed by atoms with Crippen molar-refractivity contribution in [3.8, 4) is 5.75 Å². The zero-order chi connectivity index (χ0) is 21.6. The van der Waals surface area contributed by atoms with Gasteiger partial charge in [0.25, 0.3) is 0 Å². The van der Waals surface area contributed by atoms with Crippen molar-refractivity contribution in [1.29, 1.82) is 0 Å². The highest BCUT2D eigenvalue weighted by molar-refractivity contribution is 5.73. The molecule has 1 amide bonds. The van der Waals surface area contributed by atoms with E-state index in [0.717, 1.165) is 63.3 Å². The number of rotatable bonds is 6. The molecule has 2 aliphatic heterocycles. The molecule has 1 atom stereocenters. The van der Waals surface area contributed by atoms with Crippen LogP contribution in [0.15, 0.2) is 48.5 Å². The van der Waals surface area contributed by atoms with Crippen LogP contribution < -0.4 is 15.0 Å². The lowest BCUT2D eigenvalue weighted by molar-refractivity contribution is -0.119. The molecule has 0 saturated carbocycles. The number of carbonyl (C=O) groups excluding carboxylic acids is 1. The lowest BCUT2D eigenvalue weighted by Gasteiger charge is -2.34. The summed E-state index contributed by atoms with van der Waals surface area (Å²) >= 11 is 0. The molecule has 31 heavy (non-hydrogen) atoms. The Kier molecular flexibility index (Phi) is 7.13. The van der Waals surface area contributed by atoms with E-state index >= 15 is 0 Å². The predicted molar refractivity (Wildman–Crippen MR) is 124 cm³/mol. The summed E-state index contributed by atoms with van der Waals surface area (Å²) in [4.78, 5) is 13.7. The summed E-state index contributed by atoms with van der Waals surface area (Å²) < 4.78 is 11.5. The van der Waals surface area contributed by atoms with E-state index in [1.165, 1.54) is 11.3 Å². The minimum atomic E-state index is 0.00660. The molecule has 166 valence electrons. The third kappa shape index (κ3) is 5.79. The number of nitrogens with zero attached hydrogens (tertiary/aromatic N) is 1. The Balaban J connectivity index is 1.28. The second-order valence-corrected chi connectivity index (χ2v) is 8.77. The van der Waals surface area contributed by atoms with Crippen LogP contribution >= 0.6 is 0 Å². The van der Waals surface area contributed by atoms with Crippen molar-refractivity contribution in [3.05, 3.63) is 59.7 Å². The fraction of sp³-hybridized carbons (Fsp3) is 0.500. The summed E-state index contributed by atoms with van der Waals surface area (Å²) in [5, 5.41) is 2.95. The molecule has 5 heteroatoms. The van der Waals surface area contributed by atoms with E-state index in [2.05, 4.69) is 58.7 Å². The highest BCUT2D eigenvalue weighted by Gasteiger charge is 2.21. The van der Waals surface area contributed by atoms with Gasteiger partial charge in [0.1, 0.15) is 11.9 Å². The summed E-state index contributed by atoms with van der Waals surface area (Å²) in [6.07, 6.45) is 4.54. The number of ether oxygens (including phenoxy) is 2. The van der Waals surface area contributed by atoms with Gasteiger partial charge < -0.3 is 19.7 Å². The topological polar surface area (TPSA) is 50.8 Å². The first kappa shape index (κ1) is 21.7. The Morgan fingerprint density at radius 1 is 1.00 bits per heavy atom. The Labute approximate surface area is 185 Å². The fourth-order valence-corrected chi connectivity index (χ4v) is 4.64. The molecule has 4 rings (SSSR count). The number of amides is 1. The second-order valence-electron chi connectivity index (χ2n) is 8.77. The number of carbonyl (C=O) groups is 1. The minimum absolute atomic E-state index is 0.00660. The van der Waals surface area contributed by atoms with E-state index in [0.29, 0.717) is 5.92 Å². The zero-order valence-corrected chi connectivity index (χ0v) is 18.7. The molecule has 5 nitrogen and oxygen atoms in total. The third-order valence-electron chi connectivity index (χ3n) is 6.50. The maximum absolute atomic E-state index is 11.3. The van der Waals surface area contributed by atoms with Gasteiger partial charge in [0.05, 0.1) is 19.3 Å². The van der Waals surface area contributed by atoms with Gasteiger partial charge in [-0.2, -0.15) is 0 Å². The Morgan fingerprint density at radius 2 is 1.65 bits per heavy atom. The lowest BCUT2D eigenvalue weighted by Crippen LogP contribution is -2.32. The fourth-order valence-electron chi connectivity index (χ4n) is 4.64. The van der Waals surface area contributed by atoms with Gasteiger partial charge in [-0.25, -0.2) is 0 Å². The molecule has 2 aliphatic rings. The molecule has 2 heterocycles. The standard InChI is InChI=1S/C26H34N2O3/c1-19(27-20(2)29)21-3-5-22(6-4-21)23-11-15-28(16-12-23)24-7-9-25(10-8-24)31-26-13-17-30-18-14-26/h3-10,19,23,26H,11-18H2,1-2H3,(H,27,29)/t19-/m0/s1. The third-order valence-corrected chi connectivity index (χ3v) is 6.50. The quantitative estimate of drug-likeness (QED) is 0.725. The van der Waals surface area contributed by atoms with Crippen molar-refractivity contribution in [3.63, 3.8) is 0 Å². The van der Waals surface area contributed by atoms with Crippen LogP contribution in [0, 0.1) is 0 Å². The predicted octanol–water partition coefficient (Wildman–Crippen LogP) is 4.83. The normalized spacial score (nSPS) is 19.1. The van der Waals surface area contributed by atoms with E-state index < -0.39 is 0 Å². The number of anilines is 1. The van der Waals surface area contributed by atoms with Gasteiger partial charge in [-0.1, -0.05) is 24.3 Å². The van der Waals surface area contributed by atoms with Crippen LogP contribution in [0.1, 0.15) is 62.6 Å². The second kappa shape index (κ2) is 10.2. The van der Waals surface area contributed by atoms with Crippen molar-refractivity contribution in [1.82, 2.24) is 5.32 Å². The van der Waals surface area contributed by atoms with Crippen molar-refractivity contribution >= 4 is 11.6 Å². The summed E-state index contributed by atoms with van der Waals surface area (Å²) in [5.74, 6) is 1.56. The molecule has 0 spiro atoms. The van der Waals surface area contributed by atoms with E-state index in [-0.39, 0.29) is 18.1 Å². The van der Waals surface area contributed by atoms with Crippen molar-refractivity contribution in [2.24, 2.45) is 0 Å². The zero-order valence-electron chi connectivity index (χ0n) is 18.7. The number of hydrogen-bond donors (Lipinski definition) is 1. The molecule has 0 bridgehead atoms. The smallest absolute Gasteiger partial charge is 0.217 e. The SMILES string of the molecule is CC(=O)N[C@@H](C)c1ccc(C2CCN(c3ccc(OC4CCOCC4)cc3)CC2)cc1. The van der Waals surface area contributed by atoms with Gasteiger partial charge in [0.15, 0.2) is 0 Å². The van der Waals surface area contributed by atoms with Gasteiger partial charge >= 0.3 is 0 Å². The number of benzene rings is 2. The molecular formula is C26H34N2O3. The van der Waals surface area contributed by atoms with Crippen LogP contribution in [-0.2, 0) is 9.53 Å². The van der Waals surface area contributed by atoms with E-state index in [4.69, 9.17) is 9.47 Å². The first-order chi connectivity index (χ1) is 15.1. The highest BCUT2D eigenvalue weighted by Crippen LogP contribution is 2.32. The molecule has 0 aromatic heterocycles. The van der Waals surface area contributed by atoms with Crippen LogP contribution in [-0.4, -0.2) is 38.3 Å². The monoisotopic (exact) mass is 422 g/mol. The number of hydrogen-bond acceptors (Lipinski definition) is 4. The van der Waals surface area contributed by atoms with Crippen molar-refractivity contribution < 1.29 is 14.3 Å². The molecule has 0 radical (unpaired) electrons. The number of piperidine rings is 1. The van der Waals surface area contributed by atoms with E-state index in [1.54, 1.807) is 6.92 Å². The van der Waals surface area contributed by atoms with Gasteiger partial charge in [0.2, 0.25) is 5.91 Å². The summed E-state index contributed by atoms with van der Waals surface area (Å²) in [6.45, 7) is 7.31. The largest absolute Gasteiger partial charge is 0.490 e. The van der Waals surface area contributed by atoms with Gasteiger partial charge in [-0.3, -0.25) is 4.79 Å². The Bertz CT molecular complexity index is 836. The average Bonchev–Trinajstić information content (AvgIpc) is 2.80. The maximum atomic E-state index is 11.3. The van der Waals surface area contributed by atoms with Crippen LogP contribution in [0.5, 0.6) is 5.75 Å². The van der Waals surface area contributed by atoms with Crippen LogP contribution in [0.4, 0.5) is 5.69 Å². The summed E-state index contributed by atoms with van der Waals surface area (Å²) in [6, 6.07) is 17.4. The van der Waals surface area contributed by atoms with Crippen LogP contribution in [0.2, 0.25) is 0 Å². The molecule has 2 saturated heterocycles. The lowest BCUT2D eigenvalue weighted by atomic mass is 9.88. The Hall–Kier alpha value is -2.53. The highest BCUT2D eigenvalue weighted by atomic mass is 16.5. The van der Waals surface area contributed by atoms with Crippen LogP contribution in [0.25, 0.3) is 0 Å². The molecular weight excluding hydrogens is 388 g/mol. The first-order valence-corrected chi connectivity index (χ1v) is 11.5. The van der Waals surface area contributed by atoms with Crippen LogP contribution in [0.3, 0.4) is 0 Å². The molecule has 2 aromatic carbocycles. The summed E-state index contributed by atoms with van der Waals surface area (Å²) in [7, 11) is 0.